The van der Waals surface area contributed by atoms with Crippen molar-refractivity contribution in [2.75, 3.05) is 0 Å². The van der Waals surface area contributed by atoms with Crippen LogP contribution in [0.5, 0.6) is 0 Å². The molecule has 3 N–H and O–H groups in total. The molecule has 2 aromatic heterocycles. The van der Waals surface area contributed by atoms with Gasteiger partial charge in [0, 0.05) is 0 Å². The summed E-state index contributed by atoms with van der Waals surface area (Å²) < 4.78 is 4.94. The van der Waals surface area contributed by atoms with Crippen LogP contribution in [0.4, 0.5) is 0 Å². The highest BCUT2D eigenvalue weighted by atomic mass is 16.3. The van der Waals surface area contributed by atoms with Crippen molar-refractivity contribution in [1.29, 1.82) is 0 Å². The minimum Gasteiger partial charge on any atom is -0.446 e. The molecule has 6 nitrogen and oxygen atoms in total. The monoisotopic (exact) mass is 193 g/mol. The maximum Gasteiger partial charge on any atom is 0.262 e. The van der Waals surface area contributed by atoms with Gasteiger partial charge in [0.15, 0.2) is 0 Å². The average Bonchev–Trinajstić information content (AvgIpc) is 2.50. The molecule has 72 valence electrons. The molecule has 0 aromatic carbocycles. The standard InChI is InChI=1S/C8H7N3O3/c9-5(12)3-6-10-7(13)4-1-2-14-8(4)11-6/h1-2H,3H2,(H2,9,12)(H,10,11,13). The van der Waals surface area contributed by atoms with E-state index in [1.54, 1.807) is 0 Å². The van der Waals surface area contributed by atoms with Crippen LogP contribution in [-0.2, 0) is 11.2 Å². The molecule has 1 amide bonds. The van der Waals surface area contributed by atoms with Gasteiger partial charge in [-0.3, -0.25) is 9.59 Å². The molecular formula is C8H7N3O3. The van der Waals surface area contributed by atoms with E-state index in [1.807, 2.05) is 0 Å². The zero-order valence-electron chi connectivity index (χ0n) is 7.11. The SMILES string of the molecule is NC(=O)Cc1nc2occc2c(=O)[nH]1. The lowest BCUT2D eigenvalue weighted by Crippen LogP contribution is -2.19. The smallest absolute Gasteiger partial charge is 0.262 e. The van der Waals surface area contributed by atoms with Gasteiger partial charge < -0.3 is 15.1 Å². The summed E-state index contributed by atoms with van der Waals surface area (Å²) in [7, 11) is 0. The summed E-state index contributed by atoms with van der Waals surface area (Å²) in [6.45, 7) is 0. The zero-order chi connectivity index (χ0) is 10.1. The second kappa shape index (κ2) is 2.99. The molecule has 0 aliphatic rings. The van der Waals surface area contributed by atoms with Gasteiger partial charge in [0.25, 0.3) is 5.56 Å². The number of primary amides is 1. The number of hydrogen-bond donors (Lipinski definition) is 2. The fourth-order valence-electron chi connectivity index (χ4n) is 1.16. The van der Waals surface area contributed by atoms with Crippen LogP contribution in [-0.4, -0.2) is 15.9 Å². The number of furan rings is 1. The quantitative estimate of drug-likeness (QED) is 0.673. The average molecular weight is 193 g/mol. The molecule has 0 aliphatic heterocycles. The number of carbonyl (C=O) groups excluding carboxylic acids is 1. The zero-order valence-corrected chi connectivity index (χ0v) is 7.11. The molecule has 0 unspecified atom stereocenters. The molecule has 0 atom stereocenters. The third-order valence-electron chi connectivity index (χ3n) is 1.73. The summed E-state index contributed by atoms with van der Waals surface area (Å²) >= 11 is 0. The summed E-state index contributed by atoms with van der Waals surface area (Å²) in [6.07, 6.45) is 1.26. The van der Waals surface area contributed by atoms with E-state index in [2.05, 4.69) is 9.97 Å². The van der Waals surface area contributed by atoms with E-state index in [0.717, 1.165) is 0 Å². The Balaban J connectivity index is 2.58. The van der Waals surface area contributed by atoms with Gasteiger partial charge in [-0.1, -0.05) is 0 Å². The second-order valence-electron chi connectivity index (χ2n) is 2.80. The topological polar surface area (TPSA) is 102 Å². The van der Waals surface area contributed by atoms with Crippen molar-refractivity contribution in [3.63, 3.8) is 0 Å². The van der Waals surface area contributed by atoms with Gasteiger partial charge in [-0.15, -0.1) is 0 Å². The number of rotatable bonds is 2. The molecule has 0 saturated carbocycles. The number of nitrogens with one attached hydrogen (secondary N) is 1. The summed E-state index contributed by atoms with van der Waals surface area (Å²) in [6, 6.07) is 1.51. The van der Waals surface area contributed by atoms with Gasteiger partial charge in [-0.25, -0.2) is 0 Å². The van der Waals surface area contributed by atoms with E-state index in [-0.39, 0.29) is 23.5 Å². The fraction of sp³-hybridized carbons (Fsp3) is 0.125. The Bertz CT molecular complexity index is 540. The first-order valence-corrected chi connectivity index (χ1v) is 3.91. The van der Waals surface area contributed by atoms with E-state index in [4.69, 9.17) is 10.2 Å². The largest absolute Gasteiger partial charge is 0.446 e. The van der Waals surface area contributed by atoms with E-state index >= 15 is 0 Å². The molecule has 0 spiro atoms. The maximum absolute atomic E-state index is 11.3. The normalized spacial score (nSPS) is 10.6. The van der Waals surface area contributed by atoms with E-state index in [0.29, 0.717) is 5.39 Å². The number of aromatic amines is 1. The van der Waals surface area contributed by atoms with Gasteiger partial charge in [0.05, 0.1) is 12.7 Å². The van der Waals surface area contributed by atoms with Crippen molar-refractivity contribution in [2.45, 2.75) is 6.42 Å². The fourth-order valence-corrected chi connectivity index (χ4v) is 1.16. The lowest BCUT2D eigenvalue weighted by molar-refractivity contribution is -0.117. The number of fused-ring (bicyclic) bond motifs is 1. The van der Waals surface area contributed by atoms with E-state index < -0.39 is 5.91 Å². The highest BCUT2D eigenvalue weighted by Gasteiger charge is 2.07. The Labute approximate surface area is 77.7 Å². The molecule has 0 fully saturated rings. The van der Waals surface area contributed by atoms with Gasteiger partial charge in [-0.2, -0.15) is 4.98 Å². The molecule has 6 heteroatoms. The highest BCUT2D eigenvalue weighted by Crippen LogP contribution is 2.06. The van der Waals surface area contributed by atoms with Crippen molar-refractivity contribution in [3.05, 3.63) is 28.5 Å². The minimum atomic E-state index is -0.556. The molecule has 14 heavy (non-hydrogen) atoms. The molecule has 0 aliphatic carbocycles. The number of amides is 1. The lowest BCUT2D eigenvalue weighted by atomic mass is 10.3. The third kappa shape index (κ3) is 1.37. The van der Waals surface area contributed by atoms with Crippen LogP contribution >= 0.6 is 0 Å². The first-order valence-electron chi connectivity index (χ1n) is 3.91. The Morgan fingerprint density at radius 3 is 3.14 bits per heavy atom. The van der Waals surface area contributed by atoms with Gasteiger partial charge in [0.2, 0.25) is 11.6 Å². The van der Waals surface area contributed by atoms with Gasteiger partial charge >= 0.3 is 0 Å². The van der Waals surface area contributed by atoms with Crippen molar-refractivity contribution < 1.29 is 9.21 Å². The highest BCUT2D eigenvalue weighted by molar-refractivity contribution is 5.77. The molecule has 2 heterocycles. The Morgan fingerprint density at radius 2 is 2.43 bits per heavy atom. The number of carbonyl (C=O) groups is 1. The van der Waals surface area contributed by atoms with Crippen molar-refractivity contribution in [2.24, 2.45) is 5.73 Å². The molecule has 0 bridgehead atoms. The summed E-state index contributed by atoms with van der Waals surface area (Å²) in [5, 5.41) is 0.359. The molecule has 0 saturated heterocycles. The lowest BCUT2D eigenvalue weighted by Gasteiger charge is -1.95. The number of hydrogen-bond acceptors (Lipinski definition) is 4. The van der Waals surface area contributed by atoms with Crippen molar-refractivity contribution in [1.82, 2.24) is 9.97 Å². The Hall–Kier alpha value is -2.11. The summed E-state index contributed by atoms with van der Waals surface area (Å²) in [5.74, 6) is -0.344. The number of nitrogens with two attached hydrogens (primary N) is 1. The number of H-pyrrole nitrogens is 1. The van der Waals surface area contributed by atoms with Crippen molar-refractivity contribution in [3.8, 4) is 0 Å². The Morgan fingerprint density at radius 1 is 1.64 bits per heavy atom. The van der Waals surface area contributed by atoms with Crippen LogP contribution < -0.4 is 11.3 Å². The molecular weight excluding hydrogens is 186 g/mol. The number of aromatic nitrogens is 2. The van der Waals surface area contributed by atoms with Crippen LogP contribution in [0, 0.1) is 0 Å². The summed E-state index contributed by atoms with van der Waals surface area (Å²) in [4.78, 5) is 28.3. The number of nitrogens with zero attached hydrogens (tertiary/aromatic N) is 1. The van der Waals surface area contributed by atoms with Crippen LogP contribution in [0.1, 0.15) is 5.82 Å². The third-order valence-corrected chi connectivity index (χ3v) is 1.73. The van der Waals surface area contributed by atoms with E-state index in [9.17, 15) is 9.59 Å². The van der Waals surface area contributed by atoms with Crippen LogP contribution in [0.2, 0.25) is 0 Å². The molecule has 2 aromatic rings. The Kier molecular flexibility index (Phi) is 1.81. The van der Waals surface area contributed by atoms with Crippen molar-refractivity contribution >= 4 is 17.0 Å². The van der Waals surface area contributed by atoms with Gasteiger partial charge in [-0.05, 0) is 6.07 Å². The first kappa shape index (κ1) is 8.49. The molecule has 0 radical (unpaired) electrons. The van der Waals surface area contributed by atoms with Crippen LogP contribution in [0.25, 0.3) is 11.1 Å². The molecule has 2 rings (SSSR count). The predicted molar refractivity (Wildman–Crippen MR) is 47.5 cm³/mol. The predicted octanol–water partition coefficient (Wildman–Crippen LogP) is -0.456. The second-order valence-corrected chi connectivity index (χ2v) is 2.80. The van der Waals surface area contributed by atoms with Crippen LogP contribution in [0.15, 0.2) is 21.5 Å². The van der Waals surface area contributed by atoms with Gasteiger partial charge in [0.1, 0.15) is 11.2 Å². The first-order chi connectivity index (χ1) is 6.66. The minimum absolute atomic E-state index is 0.105. The van der Waals surface area contributed by atoms with Crippen LogP contribution in [0.3, 0.4) is 0 Å². The van der Waals surface area contributed by atoms with E-state index in [1.165, 1.54) is 12.3 Å². The maximum atomic E-state index is 11.3. The summed E-state index contributed by atoms with van der Waals surface area (Å²) in [5.41, 5.74) is 4.84.